The fraction of sp³-hybridized carbons (Fsp3) is 0.417. The molecule has 1 aromatic rings. The first-order valence-corrected chi connectivity index (χ1v) is 5.61. The monoisotopic (exact) mass is 257 g/mol. The van der Waals surface area contributed by atoms with E-state index in [-0.39, 0.29) is 19.1 Å². The van der Waals surface area contributed by atoms with E-state index in [0.717, 1.165) is 0 Å². The fourth-order valence-corrected chi connectivity index (χ4v) is 1.35. The molecule has 17 heavy (non-hydrogen) atoms. The number of para-hydroxylation sites is 1. The summed E-state index contributed by atoms with van der Waals surface area (Å²) < 4.78 is 5.26. The molecule has 2 N–H and O–H groups in total. The topological polar surface area (TPSA) is 58.6 Å². The number of ether oxygens (including phenoxy) is 1. The highest BCUT2D eigenvalue weighted by Crippen LogP contribution is 2.22. The summed E-state index contributed by atoms with van der Waals surface area (Å²) in [4.78, 5) is 11.5. The Morgan fingerprint density at radius 1 is 1.47 bits per heavy atom. The summed E-state index contributed by atoms with van der Waals surface area (Å²) in [6.45, 7) is 3.18. The summed E-state index contributed by atoms with van der Waals surface area (Å²) >= 11 is 5.87. The lowest BCUT2D eigenvalue weighted by molar-refractivity contribution is -0.125. The lowest BCUT2D eigenvalue weighted by atomic mass is 10.1. The zero-order chi connectivity index (χ0) is 12.9. The Labute approximate surface area is 106 Å². The summed E-state index contributed by atoms with van der Waals surface area (Å²) in [5, 5.41) is 12.1. The maximum atomic E-state index is 11.5. The van der Waals surface area contributed by atoms with Gasteiger partial charge in [0.2, 0.25) is 0 Å². The van der Waals surface area contributed by atoms with E-state index in [4.69, 9.17) is 21.4 Å². The molecule has 0 aliphatic carbocycles. The van der Waals surface area contributed by atoms with Gasteiger partial charge >= 0.3 is 0 Å². The van der Waals surface area contributed by atoms with Crippen LogP contribution in [-0.2, 0) is 4.79 Å². The van der Waals surface area contributed by atoms with Gasteiger partial charge in [-0.3, -0.25) is 4.79 Å². The molecule has 0 bridgehead atoms. The number of halogens is 1. The highest BCUT2D eigenvalue weighted by Gasteiger charge is 2.19. The van der Waals surface area contributed by atoms with E-state index in [2.05, 4.69) is 5.32 Å². The lowest BCUT2D eigenvalue weighted by Gasteiger charge is -2.23. The summed E-state index contributed by atoms with van der Waals surface area (Å²) in [5.74, 6) is 0.162. The highest BCUT2D eigenvalue weighted by molar-refractivity contribution is 6.32. The molecule has 0 aliphatic rings. The Bertz CT molecular complexity index is 393. The molecule has 0 fully saturated rings. The van der Waals surface area contributed by atoms with E-state index >= 15 is 0 Å². The molecule has 0 saturated heterocycles. The van der Waals surface area contributed by atoms with Crippen LogP contribution in [-0.4, -0.2) is 29.8 Å². The smallest absolute Gasteiger partial charge is 0.258 e. The maximum Gasteiger partial charge on any atom is 0.258 e. The Hall–Kier alpha value is -1.26. The molecule has 1 aromatic carbocycles. The first-order chi connectivity index (χ1) is 7.94. The van der Waals surface area contributed by atoms with Crippen molar-refractivity contribution in [1.82, 2.24) is 5.32 Å². The Balaban J connectivity index is 2.47. The van der Waals surface area contributed by atoms with Crippen LogP contribution in [0.1, 0.15) is 13.8 Å². The summed E-state index contributed by atoms with van der Waals surface area (Å²) in [6.07, 6.45) is 0. The van der Waals surface area contributed by atoms with Gasteiger partial charge in [-0.25, -0.2) is 0 Å². The number of nitrogens with one attached hydrogen (secondary N) is 1. The minimum atomic E-state index is -0.652. The molecular formula is C12H16ClNO3. The van der Waals surface area contributed by atoms with Crippen molar-refractivity contribution in [2.45, 2.75) is 19.4 Å². The molecule has 0 unspecified atom stereocenters. The van der Waals surface area contributed by atoms with Crippen LogP contribution in [0.4, 0.5) is 0 Å². The van der Waals surface area contributed by atoms with Gasteiger partial charge in [-0.2, -0.15) is 0 Å². The molecular weight excluding hydrogens is 242 g/mol. The van der Waals surface area contributed by atoms with Gasteiger partial charge in [0, 0.05) is 0 Å². The average molecular weight is 258 g/mol. The lowest BCUT2D eigenvalue weighted by Crippen LogP contribution is -2.48. The zero-order valence-corrected chi connectivity index (χ0v) is 10.6. The number of aliphatic hydroxyl groups excluding tert-OH is 1. The van der Waals surface area contributed by atoms with Crippen LogP contribution >= 0.6 is 11.6 Å². The first kappa shape index (κ1) is 13.8. The Morgan fingerprint density at radius 3 is 2.71 bits per heavy atom. The standard InChI is InChI=1S/C12H16ClNO3/c1-12(2,8-15)14-11(16)7-17-10-6-4-3-5-9(10)13/h3-6,15H,7-8H2,1-2H3,(H,14,16). The van der Waals surface area contributed by atoms with Gasteiger partial charge in [-0.05, 0) is 26.0 Å². The van der Waals surface area contributed by atoms with E-state index in [0.29, 0.717) is 10.8 Å². The van der Waals surface area contributed by atoms with Crippen molar-refractivity contribution in [3.05, 3.63) is 29.3 Å². The van der Waals surface area contributed by atoms with Gasteiger partial charge in [0.1, 0.15) is 5.75 Å². The molecule has 0 saturated carbocycles. The van der Waals surface area contributed by atoms with E-state index in [9.17, 15) is 4.79 Å². The van der Waals surface area contributed by atoms with Gasteiger partial charge in [0.25, 0.3) is 5.91 Å². The second-order valence-corrected chi connectivity index (χ2v) is 4.72. The van der Waals surface area contributed by atoms with Crippen molar-refractivity contribution in [3.8, 4) is 5.75 Å². The van der Waals surface area contributed by atoms with Gasteiger partial charge in [-0.15, -0.1) is 0 Å². The van der Waals surface area contributed by atoms with Crippen LogP contribution < -0.4 is 10.1 Å². The Kier molecular flexibility index (Phi) is 4.78. The quantitative estimate of drug-likeness (QED) is 0.843. The molecule has 94 valence electrons. The molecule has 1 amide bonds. The SMILES string of the molecule is CC(C)(CO)NC(=O)COc1ccccc1Cl. The van der Waals surface area contributed by atoms with Gasteiger partial charge in [0.05, 0.1) is 17.2 Å². The number of aliphatic hydroxyl groups is 1. The summed E-state index contributed by atoms with van der Waals surface area (Å²) in [7, 11) is 0. The molecule has 0 radical (unpaired) electrons. The van der Waals surface area contributed by atoms with Crippen molar-refractivity contribution in [3.63, 3.8) is 0 Å². The van der Waals surface area contributed by atoms with E-state index in [1.54, 1.807) is 38.1 Å². The molecule has 0 atom stereocenters. The predicted molar refractivity (Wildman–Crippen MR) is 66.3 cm³/mol. The van der Waals surface area contributed by atoms with Crippen LogP contribution in [0.15, 0.2) is 24.3 Å². The highest BCUT2D eigenvalue weighted by atomic mass is 35.5. The second kappa shape index (κ2) is 5.89. The number of hydrogen-bond donors (Lipinski definition) is 2. The number of benzene rings is 1. The van der Waals surface area contributed by atoms with Crippen molar-refractivity contribution >= 4 is 17.5 Å². The van der Waals surface area contributed by atoms with Gasteiger partial charge < -0.3 is 15.2 Å². The van der Waals surface area contributed by atoms with Crippen LogP contribution in [0.2, 0.25) is 5.02 Å². The van der Waals surface area contributed by atoms with E-state index < -0.39 is 5.54 Å². The number of hydrogen-bond acceptors (Lipinski definition) is 3. The number of amides is 1. The molecule has 4 nitrogen and oxygen atoms in total. The molecule has 0 spiro atoms. The van der Waals surface area contributed by atoms with E-state index in [1.165, 1.54) is 0 Å². The largest absolute Gasteiger partial charge is 0.482 e. The maximum absolute atomic E-state index is 11.5. The normalized spacial score (nSPS) is 11.1. The third kappa shape index (κ3) is 4.63. The van der Waals surface area contributed by atoms with Gasteiger partial charge in [-0.1, -0.05) is 23.7 Å². The third-order valence-electron chi connectivity index (χ3n) is 2.07. The Morgan fingerprint density at radius 2 is 2.12 bits per heavy atom. The third-order valence-corrected chi connectivity index (χ3v) is 2.38. The minimum Gasteiger partial charge on any atom is -0.482 e. The molecule has 0 heterocycles. The van der Waals surface area contributed by atoms with Crippen LogP contribution in [0, 0.1) is 0 Å². The fourth-order valence-electron chi connectivity index (χ4n) is 1.16. The van der Waals surface area contributed by atoms with E-state index in [1.807, 2.05) is 0 Å². The molecule has 0 aliphatic heterocycles. The molecule has 5 heteroatoms. The number of rotatable bonds is 5. The number of carbonyl (C=O) groups is 1. The zero-order valence-electron chi connectivity index (χ0n) is 9.87. The van der Waals surface area contributed by atoms with Gasteiger partial charge in [0.15, 0.2) is 6.61 Å². The minimum absolute atomic E-state index is 0.132. The summed E-state index contributed by atoms with van der Waals surface area (Å²) in [5.41, 5.74) is -0.652. The van der Waals surface area contributed by atoms with Crippen molar-refractivity contribution in [2.24, 2.45) is 0 Å². The molecule has 1 rings (SSSR count). The first-order valence-electron chi connectivity index (χ1n) is 5.24. The van der Waals surface area contributed by atoms with Crippen molar-refractivity contribution in [2.75, 3.05) is 13.2 Å². The molecule has 0 aromatic heterocycles. The van der Waals surface area contributed by atoms with Crippen molar-refractivity contribution < 1.29 is 14.6 Å². The van der Waals surface area contributed by atoms with Crippen LogP contribution in [0.3, 0.4) is 0 Å². The van der Waals surface area contributed by atoms with Crippen molar-refractivity contribution in [1.29, 1.82) is 0 Å². The number of carbonyl (C=O) groups excluding carboxylic acids is 1. The second-order valence-electron chi connectivity index (χ2n) is 4.31. The van der Waals surface area contributed by atoms with Crippen LogP contribution in [0.5, 0.6) is 5.75 Å². The summed E-state index contributed by atoms with van der Waals surface area (Å²) in [6, 6.07) is 6.93. The van der Waals surface area contributed by atoms with Crippen LogP contribution in [0.25, 0.3) is 0 Å². The predicted octanol–water partition coefficient (Wildman–Crippen LogP) is 1.61. The average Bonchev–Trinajstić information content (AvgIpc) is 2.27.